The molecule has 0 radical (unpaired) electrons. The van der Waals surface area contributed by atoms with E-state index in [0.29, 0.717) is 28.2 Å². The van der Waals surface area contributed by atoms with Gasteiger partial charge in [-0.15, -0.1) is 0 Å². The van der Waals surface area contributed by atoms with Crippen molar-refractivity contribution < 1.29 is 4.39 Å². The van der Waals surface area contributed by atoms with Crippen molar-refractivity contribution in [1.82, 2.24) is 35.0 Å². The number of hydrogen-bond acceptors (Lipinski definition) is 7. The predicted molar refractivity (Wildman–Crippen MR) is 145 cm³/mol. The third-order valence-electron chi connectivity index (χ3n) is 6.86. The molecule has 5 heterocycles. The SMILES string of the molecule is C=C(CC)Nc1cncc(-c2cc3c(-c4nc5c(N6CCN(C)CC6)nccc5[nH]4)n[nH]c3cc2F)c1. The first-order chi connectivity index (χ1) is 18.0. The van der Waals surface area contributed by atoms with Gasteiger partial charge in [-0.25, -0.2) is 14.4 Å². The van der Waals surface area contributed by atoms with Gasteiger partial charge in [0.15, 0.2) is 11.6 Å². The molecule has 10 heteroatoms. The quantitative estimate of drug-likeness (QED) is 0.310. The first-order valence-electron chi connectivity index (χ1n) is 12.4. The molecule has 6 rings (SSSR count). The molecule has 0 atom stereocenters. The molecular formula is C27H28FN9. The maximum absolute atomic E-state index is 15.2. The molecule has 5 aromatic rings. The summed E-state index contributed by atoms with van der Waals surface area (Å²) >= 11 is 0. The van der Waals surface area contributed by atoms with Crippen LogP contribution in [0.25, 0.3) is 44.6 Å². The minimum atomic E-state index is -0.359. The molecule has 1 aromatic carbocycles. The van der Waals surface area contributed by atoms with Gasteiger partial charge in [0.2, 0.25) is 0 Å². The van der Waals surface area contributed by atoms with E-state index in [0.717, 1.165) is 66.2 Å². The highest BCUT2D eigenvalue weighted by Crippen LogP contribution is 2.34. The van der Waals surface area contributed by atoms with Crippen molar-refractivity contribution >= 4 is 33.4 Å². The van der Waals surface area contributed by atoms with E-state index in [2.05, 4.69) is 53.9 Å². The molecule has 9 nitrogen and oxygen atoms in total. The van der Waals surface area contributed by atoms with Crippen LogP contribution in [0.2, 0.25) is 0 Å². The number of anilines is 2. The van der Waals surface area contributed by atoms with E-state index < -0.39 is 0 Å². The molecule has 4 aromatic heterocycles. The number of fused-ring (bicyclic) bond motifs is 2. The summed E-state index contributed by atoms with van der Waals surface area (Å²) in [4.78, 5) is 21.8. The molecule has 0 bridgehead atoms. The lowest BCUT2D eigenvalue weighted by molar-refractivity contribution is 0.312. The molecule has 0 unspecified atom stereocenters. The molecule has 1 saturated heterocycles. The van der Waals surface area contributed by atoms with Crippen LogP contribution >= 0.6 is 0 Å². The zero-order valence-electron chi connectivity index (χ0n) is 20.8. The van der Waals surface area contributed by atoms with Crippen LogP contribution in [0.3, 0.4) is 0 Å². The number of hydrogen-bond donors (Lipinski definition) is 3. The largest absolute Gasteiger partial charge is 0.358 e. The van der Waals surface area contributed by atoms with Gasteiger partial charge in [0, 0.05) is 66.8 Å². The Labute approximate surface area is 213 Å². The van der Waals surface area contributed by atoms with Crippen LogP contribution in [0, 0.1) is 5.82 Å². The standard InChI is InChI=1S/C27H28FN9/c1-4-16(2)31-18-11-17(14-29-15-18)19-12-20-23(13-21(19)28)34-35-24(20)26-32-22-5-6-30-27(25(22)33-26)37-9-7-36(3)8-10-37/h5-6,11-15,31H,2,4,7-10H2,1,3H3,(H,32,33)(H,34,35). The highest BCUT2D eigenvalue weighted by Gasteiger charge is 2.21. The Hall–Kier alpha value is -4.31. The molecule has 1 aliphatic heterocycles. The van der Waals surface area contributed by atoms with Gasteiger partial charge in [-0.1, -0.05) is 13.5 Å². The van der Waals surface area contributed by atoms with Crippen LogP contribution in [0.1, 0.15) is 13.3 Å². The van der Waals surface area contributed by atoms with Crippen LogP contribution in [-0.2, 0) is 0 Å². The molecule has 1 aliphatic rings. The van der Waals surface area contributed by atoms with Crippen molar-refractivity contribution in [3.63, 3.8) is 0 Å². The second kappa shape index (κ2) is 9.29. The van der Waals surface area contributed by atoms with Crippen LogP contribution in [-0.4, -0.2) is 68.3 Å². The Morgan fingerprint density at radius 3 is 2.78 bits per heavy atom. The Balaban J connectivity index is 1.41. The Kier molecular flexibility index (Phi) is 5.80. The normalized spacial score (nSPS) is 14.5. The third-order valence-corrected chi connectivity index (χ3v) is 6.86. The van der Waals surface area contributed by atoms with E-state index in [1.54, 1.807) is 24.7 Å². The van der Waals surface area contributed by atoms with Gasteiger partial charge in [-0.05, 0) is 31.7 Å². The smallest absolute Gasteiger partial charge is 0.159 e. The summed E-state index contributed by atoms with van der Waals surface area (Å²) < 4.78 is 15.2. The van der Waals surface area contributed by atoms with E-state index in [1.807, 2.05) is 19.1 Å². The fourth-order valence-corrected chi connectivity index (χ4v) is 4.67. The molecule has 3 N–H and O–H groups in total. The Bertz CT molecular complexity index is 1610. The summed E-state index contributed by atoms with van der Waals surface area (Å²) in [6.07, 6.45) is 5.94. The number of aromatic amines is 2. The summed E-state index contributed by atoms with van der Waals surface area (Å²) in [5.41, 5.74) is 5.63. The number of nitrogens with zero attached hydrogens (tertiary/aromatic N) is 6. The van der Waals surface area contributed by atoms with Crippen molar-refractivity contribution in [1.29, 1.82) is 0 Å². The average molecular weight is 498 g/mol. The van der Waals surface area contributed by atoms with Gasteiger partial charge < -0.3 is 20.1 Å². The minimum Gasteiger partial charge on any atom is -0.358 e. The summed E-state index contributed by atoms with van der Waals surface area (Å²) in [5.74, 6) is 1.11. The zero-order valence-corrected chi connectivity index (χ0v) is 20.8. The lowest BCUT2D eigenvalue weighted by atomic mass is 10.0. The number of halogens is 1. The molecule has 0 spiro atoms. The molecule has 188 valence electrons. The monoisotopic (exact) mass is 497 g/mol. The number of benzene rings is 1. The fraction of sp³-hybridized carbons (Fsp3) is 0.259. The van der Waals surface area contributed by atoms with Crippen LogP contribution in [0.5, 0.6) is 0 Å². The molecule has 0 aliphatic carbocycles. The van der Waals surface area contributed by atoms with Crippen molar-refractivity contribution in [3.05, 3.63) is 60.9 Å². The van der Waals surface area contributed by atoms with Gasteiger partial charge in [-0.3, -0.25) is 10.1 Å². The second-order valence-electron chi connectivity index (χ2n) is 9.40. The zero-order chi connectivity index (χ0) is 25.5. The van der Waals surface area contributed by atoms with Gasteiger partial charge >= 0.3 is 0 Å². The topological polar surface area (TPSA) is 102 Å². The number of H-pyrrole nitrogens is 2. The number of allylic oxidation sites excluding steroid dienone is 1. The summed E-state index contributed by atoms with van der Waals surface area (Å²) in [6.45, 7) is 9.74. The number of aromatic nitrogens is 6. The van der Waals surface area contributed by atoms with Gasteiger partial charge in [0.1, 0.15) is 17.0 Å². The predicted octanol–water partition coefficient (Wildman–Crippen LogP) is 4.79. The maximum Gasteiger partial charge on any atom is 0.159 e. The average Bonchev–Trinajstić information content (AvgIpc) is 3.52. The number of imidazole rings is 1. The molecule has 1 fully saturated rings. The first-order valence-corrected chi connectivity index (χ1v) is 12.4. The van der Waals surface area contributed by atoms with E-state index in [-0.39, 0.29) is 5.82 Å². The number of rotatable bonds is 6. The maximum atomic E-state index is 15.2. The summed E-state index contributed by atoms with van der Waals surface area (Å²) in [7, 11) is 2.13. The van der Waals surface area contributed by atoms with Gasteiger partial charge in [0.25, 0.3) is 0 Å². The van der Waals surface area contributed by atoms with Crippen LogP contribution in [0.15, 0.2) is 55.1 Å². The molecule has 0 saturated carbocycles. The van der Waals surface area contributed by atoms with Gasteiger partial charge in [0.05, 0.1) is 22.9 Å². The minimum absolute atomic E-state index is 0.359. The second-order valence-corrected chi connectivity index (χ2v) is 9.40. The van der Waals surface area contributed by atoms with Crippen molar-refractivity contribution in [2.75, 3.05) is 43.4 Å². The van der Waals surface area contributed by atoms with E-state index >= 15 is 4.39 Å². The van der Waals surface area contributed by atoms with Crippen molar-refractivity contribution in [3.8, 4) is 22.6 Å². The van der Waals surface area contributed by atoms with Gasteiger partial charge in [-0.2, -0.15) is 5.10 Å². The van der Waals surface area contributed by atoms with Crippen molar-refractivity contribution in [2.24, 2.45) is 0 Å². The highest BCUT2D eigenvalue weighted by molar-refractivity contribution is 5.97. The highest BCUT2D eigenvalue weighted by atomic mass is 19.1. The number of piperazine rings is 1. The van der Waals surface area contributed by atoms with Crippen LogP contribution < -0.4 is 10.2 Å². The molecule has 37 heavy (non-hydrogen) atoms. The van der Waals surface area contributed by atoms with E-state index in [9.17, 15) is 0 Å². The molecule has 0 amide bonds. The summed E-state index contributed by atoms with van der Waals surface area (Å²) in [6, 6.07) is 7.05. The Morgan fingerprint density at radius 2 is 1.97 bits per heavy atom. The molecular weight excluding hydrogens is 469 g/mol. The number of pyridine rings is 2. The lowest BCUT2D eigenvalue weighted by Crippen LogP contribution is -2.44. The number of nitrogens with one attached hydrogen (secondary N) is 3. The van der Waals surface area contributed by atoms with Crippen molar-refractivity contribution in [2.45, 2.75) is 13.3 Å². The van der Waals surface area contributed by atoms with E-state index in [1.165, 1.54) is 6.07 Å². The summed E-state index contributed by atoms with van der Waals surface area (Å²) in [5, 5.41) is 11.4. The Morgan fingerprint density at radius 1 is 1.14 bits per heavy atom. The number of likely N-dealkylation sites (N-methyl/N-ethyl adjacent to an activating group) is 1. The van der Waals surface area contributed by atoms with E-state index in [4.69, 9.17) is 4.98 Å². The first kappa shape index (κ1) is 23.1. The lowest BCUT2D eigenvalue weighted by Gasteiger charge is -2.33. The fourth-order valence-electron chi connectivity index (χ4n) is 4.67. The third kappa shape index (κ3) is 4.29. The van der Waals surface area contributed by atoms with Crippen LogP contribution in [0.4, 0.5) is 15.9 Å².